The lowest BCUT2D eigenvalue weighted by Crippen LogP contribution is -2.48. The van der Waals surface area contributed by atoms with Gasteiger partial charge in [-0.1, -0.05) is 25.1 Å². The van der Waals surface area contributed by atoms with Crippen molar-refractivity contribution in [3.63, 3.8) is 0 Å². The topological polar surface area (TPSA) is 144 Å². The minimum absolute atomic E-state index is 0.0419. The molecular weight excluding hydrogens is 368 g/mol. The highest BCUT2D eigenvalue weighted by Gasteiger charge is 2.54. The molecule has 0 radical (unpaired) electrons. The molecule has 3 rings (SSSR count). The van der Waals surface area contributed by atoms with E-state index in [1.54, 1.807) is 12.1 Å². The molecule has 0 saturated heterocycles. The third-order valence-corrected chi connectivity index (χ3v) is 5.74. The van der Waals surface area contributed by atoms with E-state index in [-0.39, 0.29) is 22.9 Å². The molecule has 0 spiro atoms. The summed E-state index contributed by atoms with van der Waals surface area (Å²) in [5, 5.41) is 40.8. The van der Waals surface area contributed by atoms with E-state index in [4.69, 9.17) is 5.73 Å². The van der Waals surface area contributed by atoms with Gasteiger partial charge in [0, 0.05) is 37.1 Å². The number of rotatable bonds is 4. The van der Waals surface area contributed by atoms with Crippen molar-refractivity contribution >= 4 is 5.69 Å². The molecule has 0 aromatic heterocycles. The van der Waals surface area contributed by atoms with Crippen LogP contribution in [0.5, 0.6) is 0 Å². The standard InChI is InChI=1S/C21H20N6O2/c1-2-8-26-9-7-16-17(10-22)20(25)21(12-23,13-24)19(18(16)11-26)14-3-5-15(6-4-14)27(28)29/h3-7,18-19H,2,8-9,11,25H2,1H3/t18-,19-/m0/s1. The van der Waals surface area contributed by atoms with Gasteiger partial charge < -0.3 is 5.73 Å². The molecule has 146 valence electrons. The number of nitro benzene ring substituents is 1. The Morgan fingerprint density at radius 2 is 1.93 bits per heavy atom. The van der Waals surface area contributed by atoms with Gasteiger partial charge in [0.15, 0.2) is 5.41 Å². The minimum atomic E-state index is -1.72. The van der Waals surface area contributed by atoms with E-state index >= 15 is 0 Å². The lowest BCUT2D eigenvalue weighted by Gasteiger charge is -2.45. The van der Waals surface area contributed by atoms with Crippen LogP contribution in [0.25, 0.3) is 0 Å². The average Bonchev–Trinajstić information content (AvgIpc) is 2.73. The first kappa shape index (κ1) is 20.1. The predicted molar refractivity (Wildman–Crippen MR) is 105 cm³/mol. The maximum atomic E-state index is 11.0. The maximum Gasteiger partial charge on any atom is 0.269 e. The van der Waals surface area contributed by atoms with E-state index in [0.717, 1.165) is 18.5 Å². The van der Waals surface area contributed by atoms with E-state index in [0.29, 0.717) is 18.7 Å². The molecule has 8 heteroatoms. The third kappa shape index (κ3) is 3.12. The molecule has 1 aromatic rings. The molecule has 2 N–H and O–H groups in total. The van der Waals surface area contributed by atoms with Gasteiger partial charge in [0.1, 0.15) is 6.07 Å². The van der Waals surface area contributed by atoms with Crippen LogP contribution in [0.2, 0.25) is 0 Å². The quantitative estimate of drug-likeness (QED) is 0.616. The van der Waals surface area contributed by atoms with Crippen molar-refractivity contribution < 1.29 is 4.92 Å². The zero-order valence-electron chi connectivity index (χ0n) is 16.0. The number of hydrogen-bond donors (Lipinski definition) is 1. The molecule has 2 aliphatic rings. The van der Waals surface area contributed by atoms with Crippen LogP contribution in [0.15, 0.2) is 47.2 Å². The average molecular weight is 388 g/mol. The van der Waals surface area contributed by atoms with Crippen molar-refractivity contribution in [1.29, 1.82) is 15.8 Å². The predicted octanol–water partition coefficient (Wildman–Crippen LogP) is 2.73. The molecule has 0 unspecified atom stereocenters. The molecule has 1 aliphatic carbocycles. The normalized spacial score (nSPS) is 23.2. The van der Waals surface area contributed by atoms with Gasteiger partial charge >= 0.3 is 0 Å². The highest BCUT2D eigenvalue weighted by Crippen LogP contribution is 2.54. The van der Waals surface area contributed by atoms with E-state index < -0.39 is 16.3 Å². The summed E-state index contributed by atoms with van der Waals surface area (Å²) in [6, 6.07) is 12.1. The highest BCUT2D eigenvalue weighted by atomic mass is 16.6. The summed E-state index contributed by atoms with van der Waals surface area (Å²) in [6.07, 6.45) is 2.90. The Bertz CT molecular complexity index is 1010. The summed E-state index contributed by atoms with van der Waals surface area (Å²) < 4.78 is 0. The lowest BCUT2D eigenvalue weighted by atomic mass is 9.58. The fraction of sp³-hybridized carbons (Fsp3) is 0.381. The van der Waals surface area contributed by atoms with Crippen molar-refractivity contribution in [2.75, 3.05) is 19.6 Å². The number of non-ortho nitro benzene ring substituents is 1. The number of benzene rings is 1. The molecule has 2 atom stereocenters. The SMILES string of the molecule is CCCN1CC=C2C(C#N)=C(N)C(C#N)(C#N)[C@@H](c3ccc([N+](=O)[O-])cc3)[C@H]2C1. The maximum absolute atomic E-state index is 11.0. The summed E-state index contributed by atoms with van der Waals surface area (Å²) in [4.78, 5) is 12.7. The van der Waals surface area contributed by atoms with Crippen LogP contribution in [0.1, 0.15) is 24.8 Å². The molecule has 1 heterocycles. The molecule has 29 heavy (non-hydrogen) atoms. The van der Waals surface area contributed by atoms with E-state index in [9.17, 15) is 25.9 Å². The second-order valence-electron chi connectivity index (χ2n) is 7.28. The summed E-state index contributed by atoms with van der Waals surface area (Å²) >= 11 is 0. The van der Waals surface area contributed by atoms with Crippen molar-refractivity contribution in [3.8, 4) is 18.2 Å². The molecule has 1 aromatic carbocycles. The Morgan fingerprint density at radius 3 is 2.45 bits per heavy atom. The van der Waals surface area contributed by atoms with E-state index in [1.807, 2.05) is 6.08 Å². The number of allylic oxidation sites excluding steroid dienone is 2. The number of hydrogen-bond acceptors (Lipinski definition) is 7. The monoisotopic (exact) mass is 388 g/mol. The smallest absolute Gasteiger partial charge is 0.269 e. The zero-order valence-corrected chi connectivity index (χ0v) is 16.0. The Kier molecular flexibility index (Phi) is 5.37. The first-order valence-corrected chi connectivity index (χ1v) is 9.33. The van der Waals surface area contributed by atoms with Gasteiger partial charge in [-0.3, -0.25) is 15.0 Å². The van der Waals surface area contributed by atoms with Gasteiger partial charge in [-0.25, -0.2) is 0 Å². The Hall–Kier alpha value is -3.67. The molecule has 8 nitrogen and oxygen atoms in total. The summed E-state index contributed by atoms with van der Waals surface area (Å²) in [5.74, 6) is -0.931. The van der Waals surface area contributed by atoms with Gasteiger partial charge in [-0.05, 0) is 24.1 Å². The lowest BCUT2D eigenvalue weighted by molar-refractivity contribution is -0.384. The van der Waals surface area contributed by atoms with Crippen LogP contribution in [0, 0.1) is 55.4 Å². The van der Waals surface area contributed by atoms with E-state index in [1.165, 1.54) is 12.1 Å². The van der Waals surface area contributed by atoms with Crippen LogP contribution in [0.3, 0.4) is 0 Å². The number of nitro groups is 1. The Balaban J connectivity index is 2.23. The number of nitrogens with zero attached hydrogens (tertiary/aromatic N) is 5. The Labute approximate surface area is 168 Å². The van der Waals surface area contributed by atoms with Crippen LogP contribution >= 0.6 is 0 Å². The number of fused-ring (bicyclic) bond motifs is 1. The second-order valence-corrected chi connectivity index (χ2v) is 7.28. The third-order valence-electron chi connectivity index (χ3n) is 5.74. The fourth-order valence-corrected chi connectivity index (χ4v) is 4.42. The second kappa shape index (κ2) is 7.75. The highest BCUT2D eigenvalue weighted by molar-refractivity contribution is 5.59. The van der Waals surface area contributed by atoms with Gasteiger partial charge in [0.25, 0.3) is 5.69 Å². The van der Waals surface area contributed by atoms with Gasteiger partial charge in [0.2, 0.25) is 0 Å². The van der Waals surface area contributed by atoms with Gasteiger partial charge in [-0.2, -0.15) is 15.8 Å². The minimum Gasteiger partial charge on any atom is -0.399 e. The van der Waals surface area contributed by atoms with Crippen molar-refractivity contribution in [2.45, 2.75) is 19.3 Å². The fourth-order valence-electron chi connectivity index (χ4n) is 4.42. The van der Waals surface area contributed by atoms with E-state index in [2.05, 4.69) is 30.0 Å². The number of nitriles is 3. The first-order valence-electron chi connectivity index (χ1n) is 9.33. The van der Waals surface area contributed by atoms with Gasteiger partial charge in [0.05, 0.1) is 28.3 Å². The van der Waals surface area contributed by atoms with Crippen molar-refractivity contribution in [2.24, 2.45) is 17.1 Å². The summed E-state index contributed by atoms with van der Waals surface area (Å²) in [6.45, 7) is 4.16. The summed E-state index contributed by atoms with van der Waals surface area (Å²) in [5.41, 5.74) is 5.98. The van der Waals surface area contributed by atoms with Crippen molar-refractivity contribution in [3.05, 3.63) is 62.9 Å². The molecule has 0 amide bonds. The first-order chi connectivity index (χ1) is 13.9. The van der Waals surface area contributed by atoms with Crippen LogP contribution in [-0.4, -0.2) is 29.5 Å². The number of nitrogens with two attached hydrogens (primary N) is 1. The molecule has 0 bridgehead atoms. The van der Waals surface area contributed by atoms with Crippen LogP contribution in [0.4, 0.5) is 5.69 Å². The zero-order chi connectivity index (χ0) is 21.2. The summed E-state index contributed by atoms with van der Waals surface area (Å²) in [7, 11) is 0. The molecule has 0 fully saturated rings. The Morgan fingerprint density at radius 1 is 1.28 bits per heavy atom. The molecule has 1 aliphatic heterocycles. The van der Waals surface area contributed by atoms with Crippen LogP contribution in [-0.2, 0) is 0 Å². The molecular formula is C21H20N6O2. The van der Waals surface area contributed by atoms with Crippen molar-refractivity contribution in [1.82, 2.24) is 4.90 Å². The van der Waals surface area contributed by atoms with Gasteiger partial charge in [-0.15, -0.1) is 0 Å². The van der Waals surface area contributed by atoms with Crippen LogP contribution < -0.4 is 5.73 Å². The molecule has 0 saturated carbocycles. The largest absolute Gasteiger partial charge is 0.399 e.